The molecule has 1 heterocycles. The third kappa shape index (κ3) is 3.42. The Labute approximate surface area is 148 Å². The van der Waals surface area contributed by atoms with Crippen LogP contribution in [0.15, 0.2) is 36.4 Å². The molecule has 5 nitrogen and oxygen atoms in total. The molecule has 0 unspecified atom stereocenters. The molecule has 3 N–H and O–H groups in total. The molecule has 0 saturated heterocycles. The topological polar surface area (TPSA) is 62.8 Å². The third-order valence-corrected chi connectivity index (χ3v) is 4.28. The fourth-order valence-electron chi connectivity index (χ4n) is 3.06. The Balaban J connectivity index is 1.92. The average molecular weight is 340 g/mol. The molecular formula is C20H24N2O3. The second kappa shape index (κ2) is 7.07. The first-order chi connectivity index (χ1) is 12.0. The largest absolute Gasteiger partial charge is 0.507 e. The summed E-state index contributed by atoms with van der Waals surface area (Å²) in [5.74, 6) is 1.74. The highest BCUT2D eigenvalue weighted by atomic mass is 16.5. The highest BCUT2D eigenvalue weighted by Crippen LogP contribution is 2.35. The Morgan fingerprint density at radius 3 is 2.64 bits per heavy atom. The minimum atomic E-state index is -0.0280. The predicted molar refractivity (Wildman–Crippen MR) is 98.7 cm³/mol. The van der Waals surface area contributed by atoms with Crippen molar-refractivity contribution in [2.24, 2.45) is 0 Å². The van der Waals surface area contributed by atoms with Gasteiger partial charge < -0.3 is 20.0 Å². The van der Waals surface area contributed by atoms with Crippen LogP contribution in [0, 0.1) is 13.8 Å². The highest BCUT2D eigenvalue weighted by Gasteiger charge is 2.21. The molecular weight excluding hydrogens is 316 g/mol. The second-order valence-corrected chi connectivity index (χ2v) is 6.15. The van der Waals surface area contributed by atoms with Crippen LogP contribution in [0.5, 0.6) is 17.2 Å². The van der Waals surface area contributed by atoms with Crippen LogP contribution in [0.3, 0.4) is 0 Å². The van der Waals surface area contributed by atoms with Crippen LogP contribution in [0.4, 0.5) is 0 Å². The van der Waals surface area contributed by atoms with Crippen LogP contribution >= 0.6 is 0 Å². The van der Waals surface area contributed by atoms with Crippen LogP contribution in [0.25, 0.3) is 5.70 Å². The molecule has 0 aromatic heterocycles. The van der Waals surface area contributed by atoms with Gasteiger partial charge >= 0.3 is 0 Å². The summed E-state index contributed by atoms with van der Waals surface area (Å²) in [6.07, 6.45) is 2.06. The number of aryl methyl sites for hydroxylation is 2. The molecule has 0 aliphatic carbocycles. The lowest BCUT2D eigenvalue weighted by Crippen LogP contribution is -2.26. The maximum atomic E-state index is 10.4. The van der Waals surface area contributed by atoms with Crippen molar-refractivity contribution >= 4 is 5.70 Å². The van der Waals surface area contributed by atoms with Crippen LogP contribution < -0.4 is 20.3 Å². The van der Waals surface area contributed by atoms with E-state index in [1.165, 1.54) is 0 Å². The van der Waals surface area contributed by atoms with Gasteiger partial charge in [0.1, 0.15) is 5.75 Å². The van der Waals surface area contributed by atoms with Gasteiger partial charge in [-0.05, 0) is 61.7 Å². The highest BCUT2D eigenvalue weighted by molar-refractivity contribution is 5.72. The first-order valence-electron chi connectivity index (χ1n) is 8.38. The van der Waals surface area contributed by atoms with Gasteiger partial charge in [0.15, 0.2) is 11.5 Å². The monoisotopic (exact) mass is 340 g/mol. The molecule has 132 valence electrons. The van der Waals surface area contributed by atoms with Crippen LogP contribution in [-0.2, 0) is 0 Å². The lowest BCUT2D eigenvalue weighted by Gasteiger charge is -2.14. The van der Waals surface area contributed by atoms with Crippen LogP contribution in [0.1, 0.15) is 35.2 Å². The molecule has 0 fully saturated rings. The smallest absolute Gasteiger partial charge is 0.161 e. The second-order valence-electron chi connectivity index (χ2n) is 6.15. The summed E-state index contributed by atoms with van der Waals surface area (Å²) in [5.41, 5.74) is 11.1. The lowest BCUT2D eigenvalue weighted by molar-refractivity contribution is 0.310. The Bertz CT molecular complexity index is 815. The number of rotatable bonds is 5. The van der Waals surface area contributed by atoms with Crippen molar-refractivity contribution < 1.29 is 14.6 Å². The Morgan fingerprint density at radius 1 is 1.12 bits per heavy atom. The number of phenolic OH excluding ortho intramolecular Hbond substituents is 1. The van der Waals surface area contributed by atoms with E-state index < -0.39 is 0 Å². The Kier molecular flexibility index (Phi) is 4.86. The molecule has 0 radical (unpaired) electrons. The fourth-order valence-corrected chi connectivity index (χ4v) is 3.06. The molecule has 0 bridgehead atoms. The summed E-state index contributed by atoms with van der Waals surface area (Å²) in [7, 11) is 1.64. The maximum absolute atomic E-state index is 10.4. The maximum Gasteiger partial charge on any atom is 0.161 e. The van der Waals surface area contributed by atoms with Crippen molar-refractivity contribution in [3.05, 3.63) is 58.7 Å². The van der Waals surface area contributed by atoms with E-state index >= 15 is 0 Å². The minimum absolute atomic E-state index is 0.0280. The zero-order valence-electron chi connectivity index (χ0n) is 15.0. The van der Waals surface area contributed by atoms with Crippen molar-refractivity contribution in [3.8, 4) is 17.2 Å². The standard InChI is InChI=1S/C20H24N2O3/c1-5-25-18-7-6-14(10-19(18)24-4)16-11-17(22-21-16)15-9-12(2)8-13(3)20(15)23/h6-11,16,21-23H,5H2,1-4H3/t16-/m0/s1. The zero-order valence-corrected chi connectivity index (χ0v) is 15.0. The molecule has 0 amide bonds. The number of hydrazine groups is 1. The molecule has 25 heavy (non-hydrogen) atoms. The van der Waals surface area contributed by atoms with Gasteiger partial charge in [0.2, 0.25) is 0 Å². The quantitative estimate of drug-likeness (QED) is 0.776. The molecule has 5 heteroatoms. The number of nitrogens with one attached hydrogen (secondary N) is 2. The number of ether oxygens (including phenoxy) is 2. The van der Waals surface area contributed by atoms with E-state index in [1.807, 2.05) is 51.1 Å². The summed E-state index contributed by atoms with van der Waals surface area (Å²) in [5, 5.41) is 10.4. The fraction of sp³-hybridized carbons (Fsp3) is 0.300. The molecule has 1 aliphatic rings. The van der Waals surface area contributed by atoms with Crippen molar-refractivity contribution in [2.45, 2.75) is 26.8 Å². The summed E-state index contributed by atoms with van der Waals surface area (Å²) in [6.45, 7) is 6.47. The average Bonchev–Trinajstić information content (AvgIpc) is 3.08. The van der Waals surface area contributed by atoms with E-state index in [-0.39, 0.29) is 6.04 Å². The van der Waals surface area contributed by atoms with Crippen LogP contribution in [-0.4, -0.2) is 18.8 Å². The van der Waals surface area contributed by atoms with E-state index in [9.17, 15) is 5.11 Å². The van der Waals surface area contributed by atoms with Gasteiger partial charge in [-0.2, -0.15) is 0 Å². The van der Waals surface area contributed by atoms with E-state index in [1.54, 1.807) is 7.11 Å². The van der Waals surface area contributed by atoms with Gasteiger partial charge in [0.05, 0.1) is 25.5 Å². The lowest BCUT2D eigenvalue weighted by atomic mass is 10.0. The van der Waals surface area contributed by atoms with Gasteiger partial charge in [-0.1, -0.05) is 12.1 Å². The van der Waals surface area contributed by atoms with Gasteiger partial charge in [-0.15, -0.1) is 0 Å². The molecule has 1 aliphatic heterocycles. The summed E-state index contributed by atoms with van der Waals surface area (Å²) in [6, 6.07) is 9.80. The molecule has 1 atom stereocenters. The number of hydrogen-bond acceptors (Lipinski definition) is 5. The first kappa shape index (κ1) is 17.2. The van der Waals surface area contributed by atoms with Crippen molar-refractivity contribution in [1.82, 2.24) is 10.9 Å². The molecule has 3 rings (SSSR count). The van der Waals surface area contributed by atoms with E-state index in [0.717, 1.165) is 33.7 Å². The van der Waals surface area contributed by atoms with Gasteiger partial charge in [0.25, 0.3) is 0 Å². The summed E-state index contributed by atoms with van der Waals surface area (Å²) in [4.78, 5) is 0. The molecule has 2 aromatic rings. The van der Waals surface area contributed by atoms with Crippen molar-refractivity contribution in [3.63, 3.8) is 0 Å². The van der Waals surface area contributed by atoms with E-state index in [0.29, 0.717) is 18.1 Å². The predicted octanol–water partition coefficient (Wildman–Crippen LogP) is 3.61. The van der Waals surface area contributed by atoms with Gasteiger partial charge in [-0.3, -0.25) is 0 Å². The third-order valence-electron chi connectivity index (χ3n) is 4.28. The number of aromatic hydroxyl groups is 1. The van der Waals surface area contributed by atoms with E-state index in [4.69, 9.17) is 9.47 Å². The normalized spacial score (nSPS) is 16.3. The molecule has 0 spiro atoms. The molecule has 0 saturated carbocycles. The number of methoxy groups -OCH3 is 1. The number of phenols is 1. The number of hydrogen-bond donors (Lipinski definition) is 3. The van der Waals surface area contributed by atoms with Gasteiger partial charge in [-0.25, -0.2) is 5.43 Å². The summed E-state index contributed by atoms with van der Waals surface area (Å²) < 4.78 is 11.0. The van der Waals surface area contributed by atoms with Crippen molar-refractivity contribution in [1.29, 1.82) is 0 Å². The molecule has 2 aromatic carbocycles. The SMILES string of the molecule is CCOc1ccc([C@@H]2C=C(c3cc(C)cc(C)c3O)NN2)cc1OC. The number of benzene rings is 2. The van der Waals surface area contributed by atoms with Gasteiger partial charge in [0, 0.05) is 5.56 Å². The van der Waals surface area contributed by atoms with Crippen LogP contribution in [0.2, 0.25) is 0 Å². The zero-order chi connectivity index (χ0) is 18.0. The van der Waals surface area contributed by atoms with E-state index in [2.05, 4.69) is 16.9 Å². The summed E-state index contributed by atoms with van der Waals surface area (Å²) >= 11 is 0. The Morgan fingerprint density at radius 2 is 1.92 bits per heavy atom. The Hall–Kier alpha value is -2.66. The first-order valence-corrected chi connectivity index (χ1v) is 8.38. The van der Waals surface area contributed by atoms with Crippen molar-refractivity contribution in [2.75, 3.05) is 13.7 Å². The minimum Gasteiger partial charge on any atom is -0.507 e.